The first-order chi connectivity index (χ1) is 10.3. The van der Waals surface area contributed by atoms with Crippen molar-refractivity contribution in [1.29, 1.82) is 0 Å². The van der Waals surface area contributed by atoms with Gasteiger partial charge in [-0.05, 0) is 36.6 Å². The number of nitrogens with one attached hydrogen (secondary N) is 1. The van der Waals surface area contributed by atoms with E-state index < -0.39 is 0 Å². The Bertz CT molecular complexity index is 580. The number of methoxy groups -OCH3 is 1. The second kappa shape index (κ2) is 6.59. The average Bonchev–Trinajstić information content (AvgIpc) is 3.36. The maximum absolute atomic E-state index is 5.76. The van der Waals surface area contributed by atoms with Gasteiger partial charge in [0, 0.05) is 18.8 Å². The van der Waals surface area contributed by atoms with Crippen LogP contribution in [0.5, 0.6) is 11.5 Å². The molecule has 1 saturated carbocycles. The number of nitrogens with zero attached hydrogens (tertiary/aromatic N) is 1. The number of benzene rings is 1. The Morgan fingerprint density at radius 2 is 1.95 bits per heavy atom. The van der Waals surface area contributed by atoms with Gasteiger partial charge in [-0.1, -0.05) is 18.2 Å². The van der Waals surface area contributed by atoms with Crippen molar-refractivity contribution in [1.82, 2.24) is 10.3 Å². The molecule has 0 atom stereocenters. The molecule has 3 rings (SSSR count). The molecule has 2 aromatic rings. The van der Waals surface area contributed by atoms with Crippen LogP contribution in [0.4, 0.5) is 0 Å². The topological polar surface area (TPSA) is 43.4 Å². The third-order valence-corrected chi connectivity index (χ3v) is 3.50. The molecule has 1 aromatic carbocycles. The lowest BCUT2D eigenvalue weighted by molar-refractivity contribution is 0.280. The predicted molar refractivity (Wildman–Crippen MR) is 81.4 cm³/mol. The summed E-state index contributed by atoms with van der Waals surface area (Å²) in [6, 6.07) is 12.5. The van der Waals surface area contributed by atoms with E-state index in [0.29, 0.717) is 6.61 Å². The van der Waals surface area contributed by atoms with Crippen LogP contribution >= 0.6 is 0 Å². The molecule has 4 heteroatoms. The largest absolute Gasteiger partial charge is 0.493 e. The second-order valence-electron chi connectivity index (χ2n) is 5.25. The summed E-state index contributed by atoms with van der Waals surface area (Å²) < 4.78 is 11.0. The molecule has 0 aliphatic heterocycles. The smallest absolute Gasteiger partial charge is 0.161 e. The minimum Gasteiger partial charge on any atom is -0.493 e. The van der Waals surface area contributed by atoms with Crippen molar-refractivity contribution < 1.29 is 9.47 Å². The van der Waals surface area contributed by atoms with Crippen LogP contribution in [0.1, 0.15) is 24.1 Å². The van der Waals surface area contributed by atoms with Gasteiger partial charge < -0.3 is 14.8 Å². The van der Waals surface area contributed by atoms with E-state index in [9.17, 15) is 0 Å². The molecule has 1 aliphatic rings. The van der Waals surface area contributed by atoms with Crippen molar-refractivity contribution in [3.8, 4) is 11.5 Å². The Kier molecular flexibility index (Phi) is 4.36. The third-order valence-electron chi connectivity index (χ3n) is 3.50. The van der Waals surface area contributed by atoms with Crippen LogP contribution in [0.25, 0.3) is 0 Å². The zero-order valence-electron chi connectivity index (χ0n) is 12.2. The van der Waals surface area contributed by atoms with Crippen LogP contribution in [0.15, 0.2) is 42.6 Å². The van der Waals surface area contributed by atoms with Crippen molar-refractivity contribution in [2.45, 2.75) is 32.0 Å². The molecule has 110 valence electrons. The molecule has 1 heterocycles. The van der Waals surface area contributed by atoms with Gasteiger partial charge in [0.05, 0.1) is 12.8 Å². The molecule has 4 nitrogen and oxygen atoms in total. The molecular formula is C17H20N2O2. The van der Waals surface area contributed by atoms with Gasteiger partial charge in [-0.2, -0.15) is 0 Å². The molecule has 0 bridgehead atoms. The number of pyridine rings is 1. The number of rotatable bonds is 7. The molecule has 1 aliphatic carbocycles. The summed E-state index contributed by atoms with van der Waals surface area (Å²) in [5, 5.41) is 3.48. The Hall–Kier alpha value is -2.07. The van der Waals surface area contributed by atoms with Gasteiger partial charge in [-0.25, -0.2) is 0 Å². The van der Waals surface area contributed by atoms with Gasteiger partial charge in [0.25, 0.3) is 0 Å². The summed E-state index contributed by atoms with van der Waals surface area (Å²) in [5.74, 6) is 1.48. The van der Waals surface area contributed by atoms with Crippen molar-refractivity contribution in [2.24, 2.45) is 0 Å². The summed E-state index contributed by atoms with van der Waals surface area (Å²) in [7, 11) is 1.64. The summed E-state index contributed by atoms with van der Waals surface area (Å²) >= 11 is 0. The molecule has 0 radical (unpaired) electrons. The molecule has 0 amide bonds. The second-order valence-corrected chi connectivity index (χ2v) is 5.25. The van der Waals surface area contributed by atoms with Crippen molar-refractivity contribution in [3.63, 3.8) is 0 Å². The molecule has 0 saturated heterocycles. The van der Waals surface area contributed by atoms with Gasteiger partial charge in [-0.15, -0.1) is 0 Å². The van der Waals surface area contributed by atoms with Gasteiger partial charge in [-0.3, -0.25) is 4.98 Å². The molecule has 0 spiro atoms. The zero-order chi connectivity index (χ0) is 14.5. The molecule has 1 N–H and O–H groups in total. The highest BCUT2D eigenvalue weighted by Crippen LogP contribution is 2.26. The lowest BCUT2D eigenvalue weighted by atomic mass is 10.2. The highest BCUT2D eigenvalue weighted by molar-refractivity contribution is 5.39. The normalized spacial score (nSPS) is 14.0. The van der Waals surface area contributed by atoms with Crippen molar-refractivity contribution >= 4 is 0 Å². The van der Waals surface area contributed by atoms with Crippen molar-refractivity contribution in [2.75, 3.05) is 7.11 Å². The fourth-order valence-corrected chi connectivity index (χ4v) is 2.08. The van der Waals surface area contributed by atoms with Crippen LogP contribution < -0.4 is 14.8 Å². The van der Waals surface area contributed by atoms with Gasteiger partial charge in [0.2, 0.25) is 0 Å². The van der Waals surface area contributed by atoms with E-state index in [1.807, 2.05) is 36.5 Å². The van der Waals surface area contributed by atoms with Crippen LogP contribution in [-0.4, -0.2) is 18.1 Å². The Balaban J connectivity index is 1.54. The lowest BCUT2D eigenvalue weighted by Crippen LogP contribution is -2.15. The fraction of sp³-hybridized carbons (Fsp3) is 0.353. The summed E-state index contributed by atoms with van der Waals surface area (Å²) in [4.78, 5) is 4.44. The van der Waals surface area contributed by atoms with Gasteiger partial charge in [0.1, 0.15) is 6.61 Å². The highest BCUT2D eigenvalue weighted by atomic mass is 16.5. The first-order valence-corrected chi connectivity index (χ1v) is 7.28. The number of para-hydroxylation sites is 2. The van der Waals surface area contributed by atoms with E-state index in [-0.39, 0.29) is 0 Å². The summed E-state index contributed by atoms with van der Waals surface area (Å²) in [6.45, 7) is 1.34. The SMILES string of the molecule is COc1ccccc1OCc1ccc(CNC2CC2)cn1. The van der Waals surface area contributed by atoms with Crippen LogP contribution in [-0.2, 0) is 13.2 Å². The first-order valence-electron chi connectivity index (χ1n) is 7.28. The Morgan fingerprint density at radius 3 is 2.62 bits per heavy atom. The minimum absolute atomic E-state index is 0.441. The van der Waals surface area contributed by atoms with Crippen LogP contribution in [0, 0.1) is 0 Å². The number of hydrogen-bond donors (Lipinski definition) is 1. The maximum Gasteiger partial charge on any atom is 0.161 e. The minimum atomic E-state index is 0.441. The lowest BCUT2D eigenvalue weighted by Gasteiger charge is -2.10. The molecular weight excluding hydrogens is 264 g/mol. The van der Waals surface area contributed by atoms with E-state index in [1.165, 1.54) is 18.4 Å². The Morgan fingerprint density at radius 1 is 1.14 bits per heavy atom. The third kappa shape index (κ3) is 3.95. The fourth-order valence-electron chi connectivity index (χ4n) is 2.08. The first kappa shape index (κ1) is 13.9. The quantitative estimate of drug-likeness (QED) is 0.849. The van der Waals surface area contributed by atoms with E-state index in [0.717, 1.165) is 29.8 Å². The van der Waals surface area contributed by atoms with E-state index in [1.54, 1.807) is 7.11 Å². The molecule has 21 heavy (non-hydrogen) atoms. The average molecular weight is 284 g/mol. The Labute approximate surface area is 125 Å². The van der Waals surface area contributed by atoms with Gasteiger partial charge in [0.15, 0.2) is 11.5 Å². The molecule has 1 aromatic heterocycles. The number of hydrogen-bond acceptors (Lipinski definition) is 4. The molecule has 1 fully saturated rings. The predicted octanol–water partition coefficient (Wildman–Crippen LogP) is 2.92. The van der Waals surface area contributed by atoms with Crippen molar-refractivity contribution in [3.05, 3.63) is 53.9 Å². The molecule has 0 unspecified atom stereocenters. The monoisotopic (exact) mass is 284 g/mol. The van der Waals surface area contributed by atoms with Gasteiger partial charge >= 0.3 is 0 Å². The summed E-state index contributed by atoms with van der Waals surface area (Å²) in [5.41, 5.74) is 2.12. The van der Waals surface area contributed by atoms with Crippen LogP contribution in [0.2, 0.25) is 0 Å². The zero-order valence-corrected chi connectivity index (χ0v) is 12.2. The van der Waals surface area contributed by atoms with Crippen LogP contribution in [0.3, 0.4) is 0 Å². The standard InChI is InChI=1S/C17H20N2O2/c1-20-16-4-2-3-5-17(16)21-12-15-7-6-13(11-19-15)10-18-14-8-9-14/h2-7,11,14,18H,8-10,12H2,1H3. The highest BCUT2D eigenvalue weighted by Gasteiger charge is 2.19. The maximum atomic E-state index is 5.76. The summed E-state index contributed by atoms with van der Waals surface area (Å²) in [6.07, 6.45) is 4.52. The number of ether oxygens (including phenoxy) is 2. The number of aromatic nitrogens is 1. The van der Waals surface area contributed by atoms with E-state index in [4.69, 9.17) is 9.47 Å². The van der Waals surface area contributed by atoms with E-state index in [2.05, 4.69) is 16.4 Å². The van der Waals surface area contributed by atoms with E-state index >= 15 is 0 Å².